The molecule has 3 heterocycles. The lowest BCUT2D eigenvalue weighted by Crippen LogP contribution is -2.50. The zero-order chi connectivity index (χ0) is 23.8. The van der Waals surface area contributed by atoms with Gasteiger partial charge in [0.2, 0.25) is 0 Å². The summed E-state index contributed by atoms with van der Waals surface area (Å²) in [7, 11) is 0. The largest absolute Gasteiger partial charge is 0.365 e. The Morgan fingerprint density at radius 2 is 1.62 bits per heavy atom. The standard InChI is InChI=1S/C25H26FN5O3/c1-16-3-4-19(13-17(16)2)24(32)29-9-11-30(12-10-29)25(33)23-21-15-34-22(14-31(21)28-27-23)18-5-7-20(26)8-6-18/h3-8,13,22H,9-12,14-15H2,1-2H3/t22-/m0/s1. The van der Waals surface area contributed by atoms with Gasteiger partial charge in [0.25, 0.3) is 11.8 Å². The van der Waals surface area contributed by atoms with Crippen LogP contribution in [0, 0.1) is 19.7 Å². The van der Waals surface area contributed by atoms with E-state index in [0.29, 0.717) is 44.0 Å². The molecule has 8 nitrogen and oxygen atoms in total. The van der Waals surface area contributed by atoms with Gasteiger partial charge in [0, 0.05) is 31.7 Å². The number of ether oxygens (including phenoxy) is 1. The van der Waals surface area contributed by atoms with E-state index in [4.69, 9.17) is 4.74 Å². The highest BCUT2D eigenvalue weighted by Crippen LogP contribution is 2.27. The molecule has 5 rings (SSSR count). The third kappa shape index (κ3) is 4.19. The van der Waals surface area contributed by atoms with E-state index in [9.17, 15) is 14.0 Å². The Hall–Kier alpha value is -3.59. The summed E-state index contributed by atoms with van der Waals surface area (Å²) in [5, 5.41) is 8.30. The number of carbonyl (C=O) groups is 2. The van der Waals surface area contributed by atoms with Crippen LogP contribution in [-0.4, -0.2) is 62.8 Å². The van der Waals surface area contributed by atoms with Gasteiger partial charge in [0.05, 0.1) is 18.8 Å². The van der Waals surface area contributed by atoms with Gasteiger partial charge >= 0.3 is 0 Å². The average Bonchev–Trinajstić information content (AvgIpc) is 3.29. The third-order valence-electron chi connectivity index (χ3n) is 6.65. The van der Waals surface area contributed by atoms with Gasteiger partial charge in [0.15, 0.2) is 5.69 Å². The monoisotopic (exact) mass is 463 g/mol. The van der Waals surface area contributed by atoms with E-state index in [1.54, 1.807) is 26.6 Å². The predicted octanol–water partition coefficient (Wildman–Crippen LogP) is 2.90. The second kappa shape index (κ2) is 8.98. The fourth-order valence-corrected chi connectivity index (χ4v) is 4.38. The van der Waals surface area contributed by atoms with Crippen LogP contribution in [0.1, 0.15) is 49.3 Å². The van der Waals surface area contributed by atoms with E-state index in [1.165, 1.54) is 12.1 Å². The average molecular weight is 464 g/mol. The Labute approximate surface area is 196 Å². The second-order valence-corrected chi connectivity index (χ2v) is 8.80. The molecule has 0 spiro atoms. The van der Waals surface area contributed by atoms with Crippen molar-refractivity contribution in [2.24, 2.45) is 0 Å². The highest BCUT2D eigenvalue weighted by Gasteiger charge is 2.32. The molecule has 3 aromatic rings. The fraction of sp³-hybridized carbons (Fsp3) is 0.360. The summed E-state index contributed by atoms with van der Waals surface area (Å²) in [6.45, 7) is 6.40. The highest BCUT2D eigenvalue weighted by atomic mass is 19.1. The highest BCUT2D eigenvalue weighted by molar-refractivity contribution is 5.95. The number of nitrogens with zero attached hydrogens (tertiary/aromatic N) is 5. The van der Waals surface area contributed by atoms with E-state index >= 15 is 0 Å². The van der Waals surface area contributed by atoms with E-state index in [0.717, 1.165) is 16.7 Å². The zero-order valence-corrected chi connectivity index (χ0v) is 19.2. The van der Waals surface area contributed by atoms with E-state index in [-0.39, 0.29) is 36.0 Å². The molecule has 0 unspecified atom stereocenters. The van der Waals surface area contributed by atoms with Gasteiger partial charge in [-0.25, -0.2) is 9.07 Å². The first-order valence-corrected chi connectivity index (χ1v) is 11.4. The Kier molecular flexibility index (Phi) is 5.87. The third-order valence-corrected chi connectivity index (χ3v) is 6.65. The minimum atomic E-state index is -0.301. The number of aryl methyl sites for hydroxylation is 2. The summed E-state index contributed by atoms with van der Waals surface area (Å²) >= 11 is 0. The van der Waals surface area contributed by atoms with Crippen LogP contribution >= 0.6 is 0 Å². The molecule has 2 amide bonds. The topological polar surface area (TPSA) is 80.6 Å². The molecule has 2 aliphatic rings. The molecule has 2 aliphatic heterocycles. The van der Waals surface area contributed by atoms with Crippen molar-refractivity contribution in [3.63, 3.8) is 0 Å². The van der Waals surface area contributed by atoms with Gasteiger partial charge < -0.3 is 14.5 Å². The number of fused-ring (bicyclic) bond motifs is 1. The quantitative estimate of drug-likeness (QED) is 0.597. The SMILES string of the molecule is Cc1ccc(C(=O)N2CCN(C(=O)c3nnn4c3CO[C@H](c3ccc(F)cc3)C4)CC2)cc1C. The molecule has 0 bridgehead atoms. The number of halogens is 1. The van der Waals surface area contributed by atoms with Gasteiger partial charge in [-0.2, -0.15) is 0 Å². The maximum absolute atomic E-state index is 13.2. The number of amides is 2. The second-order valence-electron chi connectivity index (χ2n) is 8.80. The van der Waals surface area contributed by atoms with Crippen molar-refractivity contribution >= 4 is 11.8 Å². The lowest BCUT2D eigenvalue weighted by Gasteiger charge is -2.34. The summed E-state index contributed by atoms with van der Waals surface area (Å²) in [5.74, 6) is -0.524. The van der Waals surface area contributed by atoms with E-state index in [2.05, 4.69) is 10.3 Å². The van der Waals surface area contributed by atoms with Crippen LogP contribution in [0.25, 0.3) is 0 Å². The van der Waals surface area contributed by atoms with Crippen LogP contribution in [0.2, 0.25) is 0 Å². The van der Waals surface area contributed by atoms with Crippen molar-refractivity contribution in [1.82, 2.24) is 24.8 Å². The Bertz CT molecular complexity index is 1230. The molecule has 0 aliphatic carbocycles. The summed E-state index contributed by atoms with van der Waals surface area (Å²) in [6, 6.07) is 11.9. The minimum absolute atomic E-state index is 0.0172. The van der Waals surface area contributed by atoms with Crippen LogP contribution in [0.3, 0.4) is 0 Å². The molecule has 0 N–H and O–H groups in total. The van der Waals surface area contributed by atoms with Gasteiger partial charge in [-0.05, 0) is 54.8 Å². The van der Waals surface area contributed by atoms with Crippen LogP contribution < -0.4 is 0 Å². The summed E-state index contributed by atoms with van der Waals surface area (Å²) in [6.07, 6.45) is -0.280. The van der Waals surface area contributed by atoms with E-state index < -0.39 is 0 Å². The molecular weight excluding hydrogens is 437 g/mol. The van der Waals surface area contributed by atoms with Crippen LogP contribution in [0.5, 0.6) is 0 Å². The number of carbonyl (C=O) groups excluding carboxylic acids is 2. The Balaban J connectivity index is 1.22. The Morgan fingerprint density at radius 3 is 2.29 bits per heavy atom. The van der Waals surface area contributed by atoms with Crippen molar-refractivity contribution in [3.05, 3.63) is 81.9 Å². The maximum atomic E-state index is 13.2. The molecule has 1 atom stereocenters. The molecular formula is C25H26FN5O3. The lowest BCUT2D eigenvalue weighted by molar-refractivity contribution is -0.00206. The Morgan fingerprint density at radius 1 is 0.941 bits per heavy atom. The van der Waals surface area contributed by atoms with Crippen molar-refractivity contribution < 1.29 is 18.7 Å². The van der Waals surface area contributed by atoms with Crippen LogP contribution in [0.15, 0.2) is 42.5 Å². The molecule has 1 aromatic heterocycles. The minimum Gasteiger partial charge on any atom is -0.365 e. The number of hydrogen-bond acceptors (Lipinski definition) is 5. The van der Waals surface area contributed by atoms with Crippen molar-refractivity contribution in [2.45, 2.75) is 33.1 Å². The molecule has 2 aromatic carbocycles. The zero-order valence-electron chi connectivity index (χ0n) is 19.2. The summed E-state index contributed by atoms with van der Waals surface area (Å²) < 4.78 is 20.8. The maximum Gasteiger partial charge on any atom is 0.276 e. The lowest BCUT2D eigenvalue weighted by atomic mass is 10.1. The predicted molar refractivity (Wildman–Crippen MR) is 122 cm³/mol. The van der Waals surface area contributed by atoms with Crippen LogP contribution in [0.4, 0.5) is 4.39 Å². The first-order chi connectivity index (χ1) is 16.4. The van der Waals surface area contributed by atoms with E-state index in [1.807, 2.05) is 32.0 Å². The van der Waals surface area contributed by atoms with Gasteiger partial charge in [-0.1, -0.05) is 23.4 Å². The fourth-order valence-electron chi connectivity index (χ4n) is 4.38. The smallest absolute Gasteiger partial charge is 0.276 e. The van der Waals surface area contributed by atoms with Gasteiger partial charge in [-0.3, -0.25) is 9.59 Å². The van der Waals surface area contributed by atoms with Crippen molar-refractivity contribution in [1.29, 1.82) is 0 Å². The van der Waals surface area contributed by atoms with Gasteiger partial charge in [0.1, 0.15) is 11.9 Å². The molecule has 9 heteroatoms. The first-order valence-electron chi connectivity index (χ1n) is 11.4. The molecule has 0 saturated carbocycles. The molecule has 34 heavy (non-hydrogen) atoms. The van der Waals surface area contributed by atoms with Crippen molar-refractivity contribution in [2.75, 3.05) is 26.2 Å². The summed E-state index contributed by atoms with van der Waals surface area (Å²) in [4.78, 5) is 29.5. The number of piperazine rings is 1. The van der Waals surface area contributed by atoms with Crippen LogP contribution in [-0.2, 0) is 17.9 Å². The molecule has 0 radical (unpaired) electrons. The number of aromatic nitrogens is 3. The number of rotatable bonds is 3. The van der Waals surface area contributed by atoms with Crippen molar-refractivity contribution in [3.8, 4) is 0 Å². The first kappa shape index (κ1) is 22.2. The molecule has 1 fully saturated rings. The van der Waals surface area contributed by atoms with Gasteiger partial charge in [-0.15, -0.1) is 5.10 Å². The molecule has 176 valence electrons. The number of benzene rings is 2. The number of hydrogen-bond donors (Lipinski definition) is 0. The summed E-state index contributed by atoms with van der Waals surface area (Å²) in [5.41, 5.74) is 4.67. The normalized spacial score (nSPS) is 18.0. The molecule has 1 saturated heterocycles.